The van der Waals surface area contributed by atoms with Gasteiger partial charge in [0.25, 0.3) is 0 Å². The fourth-order valence-corrected chi connectivity index (χ4v) is 4.68. The van der Waals surface area contributed by atoms with Crippen LogP contribution in [0.25, 0.3) is 0 Å². The summed E-state index contributed by atoms with van der Waals surface area (Å²) >= 11 is 0. The summed E-state index contributed by atoms with van der Waals surface area (Å²) in [5.41, 5.74) is 2.66. The summed E-state index contributed by atoms with van der Waals surface area (Å²) in [6.45, 7) is 6.85. The van der Waals surface area contributed by atoms with Crippen molar-refractivity contribution in [3.8, 4) is 0 Å². The summed E-state index contributed by atoms with van der Waals surface area (Å²) < 4.78 is 5.46. The van der Waals surface area contributed by atoms with Crippen LogP contribution in [0.1, 0.15) is 42.7 Å². The SMILES string of the molecule is O=C([C@@H]1CCCc2ccccc21)N1CCN(CC2CCOCC2)CC1. The van der Waals surface area contributed by atoms with Gasteiger partial charge in [0.05, 0.1) is 5.92 Å². The first-order valence-corrected chi connectivity index (χ1v) is 9.98. The number of hydrogen-bond acceptors (Lipinski definition) is 3. The highest BCUT2D eigenvalue weighted by Crippen LogP contribution is 2.33. The molecule has 1 amide bonds. The Morgan fingerprint density at radius 2 is 1.80 bits per heavy atom. The van der Waals surface area contributed by atoms with Crippen LogP contribution in [0.2, 0.25) is 0 Å². The van der Waals surface area contributed by atoms with Crippen molar-refractivity contribution in [3.63, 3.8) is 0 Å². The Morgan fingerprint density at radius 3 is 2.60 bits per heavy atom. The molecule has 0 spiro atoms. The van der Waals surface area contributed by atoms with Gasteiger partial charge in [-0.2, -0.15) is 0 Å². The number of carbonyl (C=O) groups is 1. The maximum atomic E-state index is 13.1. The molecule has 2 heterocycles. The van der Waals surface area contributed by atoms with Gasteiger partial charge in [0.1, 0.15) is 0 Å². The second-order valence-electron chi connectivity index (χ2n) is 7.83. The first-order valence-electron chi connectivity index (χ1n) is 9.98. The Balaban J connectivity index is 1.32. The molecule has 0 saturated carbocycles. The summed E-state index contributed by atoms with van der Waals surface area (Å²) in [4.78, 5) is 17.8. The molecule has 1 atom stereocenters. The number of aryl methyl sites for hydroxylation is 1. The van der Waals surface area contributed by atoms with E-state index in [1.54, 1.807) is 0 Å². The largest absolute Gasteiger partial charge is 0.381 e. The van der Waals surface area contributed by atoms with Crippen LogP contribution < -0.4 is 0 Å². The summed E-state index contributed by atoms with van der Waals surface area (Å²) in [5.74, 6) is 1.23. The smallest absolute Gasteiger partial charge is 0.230 e. The number of ether oxygens (including phenoxy) is 1. The quantitative estimate of drug-likeness (QED) is 0.847. The van der Waals surface area contributed by atoms with E-state index in [-0.39, 0.29) is 5.92 Å². The second-order valence-corrected chi connectivity index (χ2v) is 7.83. The molecule has 3 aliphatic rings. The third kappa shape index (κ3) is 3.90. The molecule has 136 valence electrons. The molecule has 0 bridgehead atoms. The number of benzene rings is 1. The van der Waals surface area contributed by atoms with E-state index in [0.29, 0.717) is 5.91 Å². The van der Waals surface area contributed by atoms with Crippen molar-refractivity contribution in [2.24, 2.45) is 5.92 Å². The predicted molar refractivity (Wildman–Crippen MR) is 98.7 cm³/mol. The third-order valence-electron chi connectivity index (χ3n) is 6.21. The predicted octanol–water partition coefficient (Wildman–Crippen LogP) is 2.68. The number of nitrogens with zero attached hydrogens (tertiary/aromatic N) is 2. The number of hydrogen-bond donors (Lipinski definition) is 0. The summed E-state index contributed by atoms with van der Waals surface area (Å²) in [7, 11) is 0. The number of carbonyl (C=O) groups excluding carboxylic acids is 1. The summed E-state index contributed by atoms with van der Waals surface area (Å²) in [5, 5.41) is 0. The molecule has 1 aliphatic carbocycles. The highest BCUT2D eigenvalue weighted by molar-refractivity contribution is 5.84. The zero-order chi connectivity index (χ0) is 17.1. The highest BCUT2D eigenvalue weighted by atomic mass is 16.5. The number of amides is 1. The molecule has 1 aromatic rings. The van der Waals surface area contributed by atoms with Crippen LogP contribution in [-0.4, -0.2) is 61.6 Å². The summed E-state index contributed by atoms with van der Waals surface area (Å²) in [6, 6.07) is 8.54. The van der Waals surface area contributed by atoms with Crippen molar-refractivity contribution >= 4 is 5.91 Å². The van der Waals surface area contributed by atoms with Gasteiger partial charge in [-0.05, 0) is 49.1 Å². The van der Waals surface area contributed by atoms with Crippen LogP contribution in [0.15, 0.2) is 24.3 Å². The van der Waals surface area contributed by atoms with Crippen molar-refractivity contribution < 1.29 is 9.53 Å². The fraction of sp³-hybridized carbons (Fsp3) is 0.667. The van der Waals surface area contributed by atoms with Crippen molar-refractivity contribution in [2.45, 2.75) is 38.0 Å². The molecule has 2 fully saturated rings. The highest BCUT2D eigenvalue weighted by Gasteiger charge is 2.31. The Morgan fingerprint density at radius 1 is 1.04 bits per heavy atom. The molecule has 0 unspecified atom stereocenters. The van der Waals surface area contributed by atoms with E-state index < -0.39 is 0 Å². The normalized spacial score (nSPS) is 25.6. The molecule has 1 aromatic carbocycles. The van der Waals surface area contributed by atoms with Gasteiger partial charge in [0, 0.05) is 45.9 Å². The molecule has 25 heavy (non-hydrogen) atoms. The fourth-order valence-electron chi connectivity index (χ4n) is 4.68. The number of piperazine rings is 1. The Kier molecular flexibility index (Phi) is 5.37. The van der Waals surface area contributed by atoms with E-state index in [1.165, 1.54) is 30.5 Å². The lowest BCUT2D eigenvalue weighted by Gasteiger charge is -2.39. The number of fused-ring (bicyclic) bond motifs is 1. The molecule has 4 nitrogen and oxygen atoms in total. The van der Waals surface area contributed by atoms with E-state index in [0.717, 1.165) is 64.6 Å². The average molecular weight is 342 g/mol. The maximum absolute atomic E-state index is 13.1. The second kappa shape index (κ2) is 7.88. The monoisotopic (exact) mass is 342 g/mol. The van der Waals surface area contributed by atoms with Crippen molar-refractivity contribution in [1.82, 2.24) is 9.80 Å². The van der Waals surface area contributed by atoms with Crippen LogP contribution in [0.3, 0.4) is 0 Å². The van der Waals surface area contributed by atoms with Crippen molar-refractivity contribution in [2.75, 3.05) is 45.9 Å². The van der Waals surface area contributed by atoms with Gasteiger partial charge in [0.15, 0.2) is 0 Å². The standard InChI is InChI=1S/C21H30N2O2/c24-21(20-7-3-5-18-4-1-2-6-19(18)20)23-12-10-22(11-13-23)16-17-8-14-25-15-9-17/h1-2,4,6,17,20H,3,5,7-16H2/t20-/m1/s1. The number of rotatable bonds is 3. The van der Waals surface area contributed by atoms with Crippen LogP contribution in [-0.2, 0) is 16.0 Å². The lowest BCUT2D eigenvalue weighted by atomic mass is 9.82. The summed E-state index contributed by atoms with van der Waals surface area (Å²) in [6.07, 6.45) is 5.66. The van der Waals surface area contributed by atoms with E-state index in [4.69, 9.17) is 4.74 Å². The van der Waals surface area contributed by atoms with Crippen LogP contribution in [0.5, 0.6) is 0 Å². The van der Waals surface area contributed by atoms with Crippen LogP contribution in [0.4, 0.5) is 0 Å². The third-order valence-corrected chi connectivity index (χ3v) is 6.21. The van der Waals surface area contributed by atoms with Crippen molar-refractivity contribution in [3.05, 3.63) is 35.4 Å². The van der Waals surface area contributed by atoms with Gasteiger partial charge < -0.3 is 9.64 Å². The molecule has 4 rings (SSSR count). The first kappa shape index (κ1) is 17.0. The lowest BCUT2D eigenvalue weighted by Crippen LogP contribution is -2.51. The van der Waals surface area contributed by atoms with Gasteiger partial charge in [-0.25, -0.2) is 0 Å². The minimum absolute atomic E-state index is 0.0898. The van der Waals surface area contributed by atoms with E-state index in [1.807, 2.05) is 0 Å². The Bertz CT molecular complexity index is 589. The molecule has 2 aliphatic heterocycles. The topological polar surface area (TPSA) is 32.8 Å². The maximum Gasteiger partial charge on any atom is 0.230 e. The van der Waals surface area contributed by atoms with Gasteiger partial charge in [-0.15, -0.1) is 0 Å². The van der Waals surface area contributed by atoms with Crippen LogP contribution >= 0.6 is 0 Å². The minimum Gasteiger partial charge on any atom is -0.381 e. The molecule has 0 radical (unpaired) electrons. The molecule has 4 heteroatoms. The zero-order valence-electron chi connectivity index (χ0n) is 15.2. The van der Waals surface area contributed by atoms with Gasteiger partial charge in [-0.3, -0.25) is 9.69 Å². The van der Waals surface area contributed by atoms with Crippen molar-refractivity contribution in [1.29, 1.82) is 0 Å². The lowest BCUT2D eigenvalue weighted by molar-refractivity contribution is -0.135. The van der Waals surface area contributed by atoms with Crippen LogP contribution in [0, 0.1) is 5.92 Å². The Hall–Kier alpha value is -1.39. The molecule has 2 saturated heterocycles. The molecular weight excluding hydrogens is 312 g/mol. The van der Waals surface area contributed by atoms with Gasteiger partial charge >= 0.3 is 0 Å². The average Bonchev–Trinajstić information content (AvgIpc) is 2.68. The first-order chi connectivity index (χ1) is 12.3. The van der Waals surface area contributed by atoms with Gasteiger partial charge in [-0.1, -0.05) is 24.3 Å². The molecular formula is C21H30N2O2. The Labute approximate surface area is 151 Å². The van der Waals surface area contributed by atoms with E-state index >= 15 is 0 Å². The van der Waals surface area contributed by atoms with Gasteiger partial charge in [0.2, 0.25) is 5.91 Å². The van der Waals surface area contributed by atoms with E-state index in [9.17, 15) is 4.79 Å². The molecule has 0 N–H and O–H groups in total. The van der Waals surface area contributed by atoms with E-state index in [2.05, 4.69) is 34.1 Å². The zero-order valence-corrected chi connectivity index (χ0v) is 15.2. The minimum atomic E-state index is 0.0898. The molecule has 0 aromatic heterocycles.